The van der Waals surface area contributed by atoms with Gasteiger partial charge in [-0.2, -0.15) is 0 Å². The van der Waals surface area contributed by atoms with Crippen molar-refractivity contribution < 1.29 is 17.6 Å². The maximum absolute atomic E-state index is 14.7. The molecule has 0 spiro atoms. The molecule has 1 aliphatic heterocycles. The lowest BCUT2D eigenvalue weighted by Crippen LogP contribution is -2.51. The Kier molecular flexibility index (Phi) is 6.94. The Morgan fingerprint density at radius 1 is 1.30 bits per heavy atom. The Balaban J connectivity index is 1.85. The number of aromatic nitrogens is 1. The third kappa shape index (κ3) is 4.73. The highest BCUT2D eigenvalue weighted by Gasteiger charge is 2.42. The van der Waals surface area contributed by atoms with Crippen LogP contribution in [0.4, 0.5) is 4.39 Å². The fourth-order valence-corrected chi connectivity index (χ4v) is 5.45. The van der Waals surface area contributed by atoms with E-state index in [1.54, 1.807) is 19.1 Å². The Hall–Kier alpha value is -1.84. The minimum absolute atomic E-state index is 0.0253. The van der Waals surface area contributed by atoms with Gasteiger partial charge in [-0.05, 0) is 62.6 Å². The van der Waals surface area contributed by atoms with Crippen LogP contribution in [0.1, 0.15) is 41.4 Å². The lowest BCUT2D eigenvalue weighted by atomic mass is 9.75. The van der Waals surface area contributed by atoms with Gasteiger partial charge in [-0.15, -0.1) is 0 Å². The second kappa shape index (κ2) is 9.11. The van der Waals surface area contributed by atoms with Crippen LogP contribution in [0.25, 0.3) is 0 Å². The van der Waals surface area contributed by atoms with Crippen LogP contribution >= 0.6 is 15.9 Å². The molecule has 3 rings (SSSR count). The molecule has 2 heterocycles. The monoisotopic (exact) mass is 497 g/mol. The summed E-state index contributed by atoms with van der Waals surface area (Å²) in [6.45, 7) is 4.16. The number of nitrogens with zero attached hydrogens (tertiary/aromatic N) is 2. The maximum atomic E-state index is 14.7. The number of carbonyl (C=O) groups excluding carboxylic acids is 1. The van der Waals surface area contributed by atoms with E-state index in [1.165, 1.54) is 22.6 Å². The van der Waals surface area contributed by atoms with Crippen LogP contribution in [-0.2, 0) is 15.4 Å². The fraction of sp³-hybridized carbons (Fsp3) is 0.429. The van der Waals surface area contributed by atoms with Crippen LogP contribution in [0.3, 0.4) is 0 Å². The van der Waals surface area contributed by atoms with E-state index in [9.17, 15) is 17.6 Å². The minimum Gasteiger partial charge on any atom is -0.351 e. The summed E-state index contributed by atoms with van der Waals surface area (Å²) >= 11 is 3.39. The van der Waals surface area contributed by atoms with E-state index in [4.69, 9.17) is 0 Å². The number of hydrogen-bond acceptors (Lipinski definition) is 4. The molecule has 0 saturated carbocycles. The van der Waals surface area contributed by atoms with Crippen molar-refractivity contribution in [1.29, 1.82) is 0 Å². The fourth-order valence-electron chi connectivity index (χ4n) is 3.87. The molecule has 1 fully saturated rings. The molecule has 0 atom stereocenters. The van der Waals surface area contributed by atoms with Crippen LogP contribution in [0.15, 0.2) is 41.0 Å². The van der Waals surface area contributed by atoms with Gasteiger partial charge in [0.15, 0.2) is 0 Å². The first kappa shape index (κ1) is 22.8. The smallest absolute Gasteiger partial charge is 0.251 e. The van der Waals surface area contributed by atoms with E-state index in [1.807, 2.05) is 13.0 Å². The van der Waals surface area contributed by atoms with Gasteiger partial charge in [-0.25, -0.2) is 17.1 Å². The molecule has 1 saturated heterocycles. The molecule has 30 heavy (non-hydrogen) atoms. The number of rotatable bonds is 6. The number of hydrogen-bond donors (Lipinski definition) is 1. The van der Waals surface area contributed by atoms with Crippen molar-refractivity contribution in [1.82, 2.24) is 14.6 Å². The molecule has 0 radical (unpaired) electrons. The molecule has 0 bridgehead atoms. The summed E-state index contributed by atoms with van der Waals surface area (Å²) in [7, 11) is -3.32. The Bertz CT molecular complexity index is 1040. The molecule has 162 valence electrons. The number of piperidine rings is 1. The summed E-state index contributed by atoms with van der Waals surface area (Å²) in [6, 6.07) is 8.26. The van der Waals surface area contributed by atoms with Crippen molar-refractivity contribution in [2.45, 2.75) is 32.1 Å². The quantitative estimate of drug-likeness (QED) is 0.662. The van der Waals surface area contributed by atoms with Crippen molar-refractivity contribution in [3.05, 3.63) is 63.6 Å². The largest absolute Gasteiger partial charge is 0.351 e. The van der Waals surface area contributed by atoms with E-state index >= 15 is 0 Å². The average molecular weight is 498 g/mol. The zero-order valence-corrected chi connectivity index (χ0v) is 19.4. The molecule has 0 unspecified atom stereocenters. The molecule has 1 N–H and O–H groups in total. The Morgan fingerprint density at radius 2 is 2.00 bits per heavy atom. The predicted octanol–water partition coefficient (Wildman–Crippen LogP) is 3.40. The van der Waals surface area contributed by atoms with Crippen LogP contribution in [0.5, 0.6) is 0 Å². The van der Waals surface area contributed by atoms with Crippen molar-refractivity contribution in [3.8, 4) is 0 Å². The zero-order chi connectivity index (χ0) is 21.9. The number of halogens is 2. The SMILES string of the molecule is CCS(=O)(=O)N1CCC(CNC(=O)c2ccc(Br)cc2C)(c2ncccc2F)CC1. The summed E-state index contributed by atoms with van der Waals surface area (Å²) in [6.07, 6.45) is 2.27. The molecular formula is C21H25BrFN3O3S. The highest BCUT2D eigenvalue weighted by Crippen LogP contribution is 2.36. The third-order valence-electron chi connectivity index (χ3n) is 5.72. The van der Waals surface area contributed by atoms with Gasteiger partial charge in [0.1, 0.15) is 5.82 Å². The number of nitrogens with one attached hydrogen (secondary N) is 1. The highest BCUT2D eigenvalue weighted by molar-refractivity contribution is 9.10. The summed E-state index contributed by atoms with van der Waals surface area (Å²) in [5, 5.41) is 2.93. The first-order chi connectivity index (χ1) is 14.2. The maximum Gasteiger partial charge on any atom is 0.251 e. The van der Waals surface area contributed by atoms with Crippen LogP contribution < -0.4 is 5.32 Å². The molecule has 2 aromatic rings. The molecule has 1 aromatic heterocycles. The van der Waals surface area contributed by atoms with Gasteiger partial charge >= 0.3 is 0 Å². The second-order valence-corrected chi connectivity index (χ2v) is 10.7. The van der Waals surface area contributed by atoms with E-state index in [-0.39, 0.29) is 37.0 Å². The van der Waals surface area contributed by atoms with Crippen molar-refractivity contribution in [3.63, 3.8) is 0 Å². The molecule has 1 aromatic carbocycles. The highest BCUT2D eigenvalue weighted by atomic mass is 79.9. The first-order valence-electron chi connectivity index (χ1n) is 9.82. The van der Waals surface area contributed by atoms with Crippen molar-refractivity contribution in [2.24, 2.45) is 0 Å². The van der Waals surface area contributed by atoms with Crippen LogP contribution in [-0.4, -0.2) is 49.0 Å². The average Bonchev–Trinajstić information content (AvgIpc) is 2.72. The summed E-state index contributed by atoms with van der Waals surface area (Å²) < 4.78 is 41.5. The molecule has 0 aliphatic carbocycles. The third-order valence-corrected chi connectivity index (χ3v) is 8.09. The molecule has 6 nitrogen and oxygen atoms in total. The number of aryl methyl sites for hydroxylation is 1. The molecule has 9 heteroatoms. The van der Waals surface area contributed by atoms with Crippen LogP contribution in [0.2, 0.25) is 0 Å². The van der Waals surface area contributed by atoms with Gasteiger partial charge in [0.2, 0.25) is 10.0 Å². The lowest BCUT2D eigenvalue weighted by molar-refractivity contribution is 0.0930. The van der Waals surface area contributed by atoms with E-state index in [2.05, 4.69) is 26.2 Å². The summed E-state index contributed by atoms with van der Waals surface area (Å²) in [5.74, 6) is -0.671. The zero-order valence-electron chi connectivity index (χ0n) is 17.0. The Morgan fingerprint density at radius 3 is 2.60 bits per heavy atom. The lowest BCUT2D eigenvalue weighted by Gasteiger charge is -2.41. The Labute approximate surface area is 185 Å². The number of benzene rings is 1. The van der Waals surface area contributed by atoms with Crippen molar-refractivity contribution in [2.75, 3.05) is 25.4 Å². The molecule has 1 aliphatic rings. The van der Waals surface area contributed by atoms with Gasteiger partial charge in [0.05, 0.1) is 11.4 Å². The van der Waals surface area contributed by atoms with Gasteiger partial charge < -0.3 is 5.32 Å². The number of pyridine rings is 1. The van der Waals surface area contributed by atoms with Gasteiger partial charge in [-0.1, -0.05) is 15.9 Å². The predicted molar refractivity (Wildman–Crippen MR) is 117 cm³/mol. The van der Waals surface area contributed by atoms with Gasteiger partial charge in [0.25, 0.3) is 5.91 Å². The normalized spacial score (nSPS) is 16.9. The number of sulfonamides is 1. The summed E-state index contributed by atoms with van der Waals surface area (Å²) in [5.41, 5.74) is 0.861. The minimum atomic E-state index is -3.32. The van der Waals surface area contributed by atoms with Gasteiger partial charge in [0, 0.05) is 41.3 Å². The molecular weight excluding hydrogens is 473 g/mol. The number of carbonyl (C=O) groups is 1. The van der Waals surface area contributed by atoms with Crippen molar-refractivity contribution >= 4 is 31.9 Å². The standard InChI is InChI=1S/C21H25BrFN3O3S/c1-3-30(28,29)26-11-8-21(9-12-26,19-18(23)5-4-10-24-19)14-25-20(27)17-7-6-16(22)13-15(17)2/h4-7,10,13H,3,8-9,11-12,14H2,1-2H3,(H,25,27). The number of amides is 1. The van der Waals surface area contributed by atoms with Crippen LogP contribution in [0, 0.1) is 12.7 Å². The van der Waals surface area contributed by atoms with E-state index in [0.717, 1.165) is 10.0 Å². The van der Waals surface area contributed by atoms with E-state index < -0.39 is 21.3 Å². The topological polar surface area (TPSA) is 79.4 Å². The van der Waals surface area contributed by atoms with E-state index in [0.29, 0.717) is 18.4 Å². The molecule has 1 amide bonds. The van der Waals surface area contributed by atoms with Gasteiger partial charge in [-0.3, -0.25) is 9.78 Å². The summed E-state index contributed by atoms with van der Waals surface area (Å²) in [4.78, 5) is 17.1. The second-order valence-electron chi connectivity index (χ2n) is 7.56. The first-order valence-corrected chi connectivity index (χ1v) is 12.2.